The predicted molar refractivity (Wildman–Crippen MR) is 82.9 cm³/mol. The van der Waals surface area contributed by atoms with E-state index < -0.39 is 0 Å². The fraction of sp³-hybridized carbons (Fsp3) is 0.643. The van der Waals surface area contributed by atoms with Crippen LogP contribution in [0.1, 0.15) is 33.5 Å². The van der Waals surface area contributed by atoms with Crippen molar-refractivity contribution in [2.45, 2.75) is 40.3 Å². The van der Waals surface area contributed by atoms with Crippen LogP contribution in [0.2, 0.25) is 0 Å². The summed E-state index contributed by atoms with van der Waals surface area (Å²) in [6, 6.07) is 1.78. The van der Waals surface area contributed by atoms with E-state index in [1.165, 1.54) is 0 Å². The van der Waals surface area contributed by atoms with Gasteiger partial charge in [-0.25, -0.2) is 9.97 Å². The molecule has 0 saturated heterocycles. The van der Waals surface area contributed by atoms with E-state index in [0.29, 0.717) is 37.2 Å². The number of likely N-dealkylation sites (N-methyl/N-ethyl adjacent to an activating group) is 1. The van der Waals surface area contributed by atoms with Gasteiger partial charge in [-0.2, -0.15) is 0 Å². The molecule has 0 atom stereocenters. The van der Waals surface area contributed by atoms with Crippen molar-refractivity contribution in [1.29, 1.82) is 0 Å². The van der Waals surface area contributed by atoms with E-state index in [4.69, 9.17) is 10.5 Å². The van der Waals surface area contributed by atoms with Gasteiger partial charge >= 0.3 is 0 Å². The van der Waals surface area contributed by atoms with Gasteiger partial charge in [0.1, 0.15) is 18.2 Å². The lowest BCUT2D eigenvalue weighted by Crippen LogP contribution is -2.40. The Morgan fingerprint density at radius 1 is 1.43 bits per heavy atom. The number of carbonyl (C=O) groups excluding carboxylic acids is 1. The zero-order valence-electron chi connectivity index (χ0n) is 13.2. The van der Waals surface area contributed by atoms with Crippen molar-refractivity contribution in [3.05, 3.63) is 11.9 Å². The fourth-order valence-corrected chi connectivity index (χ4v) is 1.82. The van der Waals surface area contributed by atoms with Crippen LogP contribution in [0.15, 0.2) is 6.07 Å². The predicted octanol–water partition coefficient (Wildman–Crippen LogP) is 0.946. The molecule has 1 aromatic rings. The molecule has 3 N–H and O–H groups in total. The summed E-state index contributed by atoms with van der Waals surface area (Å²) in [6.07, 6.45) is 0. The average molecular weight is 295 g/mol. The molecular weight excluding hydrogens is 270 g/mol. The van der Waals surface area contributed by atoms with Crippen molar-refractivity contribution in [2.75, 3.05) is 30.3 Å². The monoisotopic (exact) mass is 295 g/mol. The van der Waals surface area contributed by atoms with Crippen LogP contribution in [0.4, 0.5) is 11.6 Å². The van der Waals surface area contributed by atoms with Crippen LogP contribution in [-0.2, 0) is 16.1 Å². The van der Waals surface area contributed by atoms with Crippen LogP contribution in [-0.4, -0.2) is 41.6 Å². The molecule has 21 heavy (non-hydrogen) atoms. The molecule has 0 aliphatic carbocycles. The summed E-state index contributed by atoms with van der Waals surface area (Å²) in [5, 5.41) is 2.86. The highest BCUT2D eigenvalue weighted by Crippen LogP contribution is 2.14. The van der Waals surface area contributed by atoms with Crippen LogP contribution < -0.4 is 16.0 Å². The zero-order chi connectivity index (χ0) is 15.8. The van der Waals surface area contributed by atoms with E-state index in [9.17, 15) is 4.79 Å². The lowest BCUT2D eigenvalue weighted by Gasteiger charge is -2.22. The zero-order valence-corrected chi connectivity index (χ0v) is 13.2. The van der Waals surface area contributed by atoms with Gasteiger partial charge in [-0.1, -0.05) is 0 Å². The molecule has 7 nitrogen and oxygen atoms in total. The molecule has 0 spiro atoms. The van der Waals surface area contributed by atoms with Crippen LogP contribution in [0.25, 0.3) is 0 Å². The van der Waals surface area contributed by atoms with Gasteiger partial charge in [0.05, 0.1) is 6.54 Å². The number of nitrogens with one attached hydrogen (secondary N) is 1. The molecule has 1 amide bonds. The fourth-order valence-electron chi connectivity index (χ4n) is 1.82. The molecule has 1 aromatic heterocycles. The lowest BCUT2D eigenvalue weighted by molar-refractivity contribution is -0.120. The Morgan fingerprint density at radius 3 is 2.71 bits per heavy atom. The molecule has 1 heterocycles. The van der Waals surface area contributed by atoms with E-state index >= 15 is 0 Å². The minimum Gasteiger partial charge on any atom is -0.384 e. The molecule has 1 rings (SSSR count). The van der Waals surface area contributed by atoms with Crippen LogP contribution >= 0.6 is 0 Å². The van der Waals surface area contributed by atoms with Gasteiger partial charge in [0.15, 0.2) is 5.82 Å². The summed E-state index contributed by atoms with van der Waals surface area (Å²) < 4.78 is 5.30. The van der Waals surface area contributed by atoms with Crippen molar-refractivity contribution < 1.29 is 9.53 Å². The van der Waals surface area contributed by atoms with E-state index in [0.717, 1.165) is 0 Å². The minimum absolute atomic E-state index is 0.0459. The largest absolute Gasteiger partial charge is 0.384 e. The molecule has 0 unspecified atom stereocenters. The first-order valence-corrected chi connectivity index (χ1v) is 7.21. The number of amides is 1. The molecule has 7 heteroatoms. The van der Waals surface area contributed by atoms with Gasteiger partial charge in [0.2, 0.25) is 5.91 Å². The summed E-state index contributed by atoms with van der Waals surface area (Å²) in [7, 11) is 0. The quantitative estimate of drug-likeness (QED) is 0.741. The van der Waals surface area contributed by atoms with E-state index in [1.807, 2.05) is 32.6 Å². The average Bonchev–Trinajstić information content (AvgIpc) is 2.41. The second-order valence-electron chi connectivity index (χ2n) is 4.94. The van der Waals surface area contributed by atoms with Crippen LogP contribution in [0.3, 0.4) is 0 Å². The minimum atomic E-state index is -0.0459. The van der Waals surface area contributed by atoms with Gasteiger partial charge in [-0.15, -0.1) is 0 Å². The first-order chi connectivity index (χ1) is 9.96. The second-order valence-corrected chi connectivity index (χ2v) is 4.94. The third-order valence-electron chi connectivity index (χ3n) is 2.70. The Labute approximate surface area is 125 Å². The standard InChI is InChI=1S/C14H25N5O2/c1-5-19(8-14(20)16-10(3)4)13-7-11(15)17-12(18-13)9-21-6-2/h7,10H,5-6,8-9H2,1-4H3,(H,16,20)(H2,15,17,18). The van der Waals surface area contributed by atoms with Crippen LogP contribution in [0.5, 0.6) is 0 Å². The summed E-state index contributed by atoms with van der Waals surface area (Å²) in [5.41, 5.74) is 5.80. The van der Waals surface area contributed by atoms with Gasteiger partial charge in [-0.3, -0.25) is 4.79 Å². The Kier molecular flexibility index (Phi) is 6.87. The van der Waals surface area contributed by atoms with Crippen LogP contribution in [0, 0.1) is 0 Å². The van der Waals surface area contributed by atoms with Gasteiger partial charge < -0.3 is 20.7 Å². The molecule has 0 bridgehead atoms. The van der Waals surface area contributed by atoms with E-state index in [1.54, 1.807) is 6.07 Å². The first kappa shape index (κ1) is 17.2. The molecule has 0 aliphatic rings. The van der Waals surface area contributed by atoms with Crippen molar-refractivity contribution in [3.8, 4) is 0 Å². The Hall–Kier alpha value is -1.89. The first-order valence-electron chi connectivity index (χ1n) is 7.21. The molecule has 0 radical (unpaired) electrons. The Bertz CT molecular complexity index is 465. The highest BCUT2D eigenvalue weighted by molar-refractivity contribution is 5.81. The van der Waals surface area contributed by atoms with Crippen molar-refractivity contribution in [2.24, 2.45) is 0 Å². The second kappa shape index (κ2) is 8.41. The maximum Gasteiger partial charge on any atom is 0.239 e. The van der Waals surface area contributed by atoms with Gasteiger partial charge in [0, 0.05) is 25.3 Å². The van der Waals surface area contributed by atoms with Gasteiger partial charge in [-0.05, 0) is 27.7 Å². The Morgan fingerprint density at radius 2 is 2.14 bits per heavy atom. The number of aromatic nitrogens is 2. The summed E-state index contributed by atoms with van der Waals surface area (Å²) in [6.45, 7) is 9.50. The number of nitrogen functional groups attached to an aromatic ring is 1. The molecule has 0 saturated carbocycles. The molecule has 0 fully saturated rings. The molecule has 118 valence electrons. The highest BCUT2D eigenvalue weighted by Gasteiger charge is 2.14. The highest BCUT2D eigenvalue weighted by atomic mass is 16.5. The SMILES string of the molecule is CCOCc1nc(N)cc(N(CC)CC(=O)NC(C)C)n1. The van der Waals surface area contributed by atoms with Gasteiger partial charge in [0.25, 0.3) is 0 Å². The van der Waals surface area contributed by atoms with Crippen molar-refractivity contribution >= 4 is 17.5 Å². The number of nitrogens with two attached hydrogens (primary N) is 1. The number of carbonyl (C=O) groups is 1. The lowest BCUT2D eigenvalue weighted by atomic mass is 10.3. The summed E-state index contributed by atoms with van der Waals surface area (Å²) in [5.74, 6) is 1.49. The maximum atomic E-state index is 11.9. The molecular formula is C14H25N5O2. The van der Waals surface area contributed by atoms with E-state index in [-0.39, 0.29) is 18.5 Å². The third-order valence-corrected chi connectivity index (χ3v) is 2.70. The summed E-state index contributed by atoms with van der Waals surface area (Å²) >= 11 is 0. The smallest absolute Gasteiger partial charge is 0.239 e. The maximum absolute atomic E-state index is 11.9. The molecule has 0 aliphatic heterocycles. The Balaban J connectivity index is 2.84. The topological polar surface area (TPSA) is 93.4 Å². The number of rotatable bonds is 8. The number of hydrogen-bond acceptors (Lipinski definition) is 6. The summed E-state index contributed by atoms with van der Waals surface area (Å²) in [4.78, 5) is 22.3. The number of hydrogen-bond donors (Lipinski definition) is 2. The number of ether oxygens (including phenoxy) is 1. The number of nitrogens with zero attached hydrogens (tertiary/aromatic N) is 3. The number of anilines is 2. The van der Waals surface area contributed by atoms with Crippen molar-refractivity contribution in [1.82, 2.24) is 15.3 Å². The van der Waals surface area contributed by atoms with Crippen molar-refractivity contribution in [3.63, 3.8) is 0 Å². The van der Waals surface area contributed by atoms with E-state index in [2.05, 4.69) is 15.3 Å². The normalized spacial score (nSPS) is 10.7. The third kappa shape index (κ3) is 5.95. The molecule has 0 aromatic carbocycles.